The van der Waals surface area contributed by atoms with Crippen molar-refractivity contribution in [2.75, 3.05) is 14.2 Å². The number of amides is 1. The Balaban J connectivity index is 2.71. The van der Waals surface area contributed by atoms with Crippen LogP contribution in [0.3, 0.4) is 0 Å². The maximum Gasteiger partial charge on any atom is 0.407 e. The fourth-order valence-corrected chi connectivity index (χ4v) is 2.14. The van der Waals surface area contributed by atoms with Crippen LogP contribution in [0.5, 0.6) is 5.75 Å². The Labute approximate surface area is 143 Å². The van der Waals surface area contributed by atoms with Gasteiger partial charge in [0.1, 0.15) is 11.4 Å². The molecule has 1 amide bonds. The number of hydrogen-bond donors (Lipinski definition) is 1. The van der Waals surface area contributed by atoms with Crippen molar-refractivity contribution in [1.82, 2.24) is 5.32 Å². The highest BCUT2D eigenvalue weighted by atomic mass is 16.6. The first-order valence-electron chi connectivity index (χ1n) is 7.92. The van der Waals surface area contributed by atoms with Gasteiger partial charge in [0, 0.05) is 12.5 Å². The van der Waals surface area contributed by atoms with Crippen molar-refractivity contribution in [1.29, 1.82) is 0 Å². The Hall–Kier alpha value is -2.24. The van der Waals surface area contributed by atoms with Crippen molar-refractivity contribution in [2.45, 2.75) is 51.7 Å². The Morgan fingerprint density at radius 1 is 1.12 bits per heavy atom. The molecule has 6 nitrogen and oxygen atoms in total. The first-order valence-corrected chi connectivity index (χ1v) is 7.92. The quantitative estimate of drug-likeness (QED) is 0.774. The highest BCUT2D eigenvalue weighted by Crippen LogP contribution is 2.15. The first kappa shape index (κ1) is 19.8. The van der Waals surface area contributed by atoms with Gasteiger partial charge >= 0.3 is 12.1 Å². The lowest BCUT2D eigenvalue weighted by molar-refractivity contribution is -0.140. The number of rotatable bonds is 7. The van der Waals surface area contributed by atoms with Gasteiger partial charge in [-0.2, -0.15) is 0 Å². The normalized spacial score (nSPS) is 12.2. The zero-order valence-corrected chi connectivity index (χ0v) is 15.0. The van der Waals surface area contributed by atoms with Crippen molar-refractivity contribution < 1.29 is 23.8 Å². The Morgan fingerprint density at radius 3 is 2.25 bits per heavy atom. The molecular weight excluding hydrogens is 310 g/mol. The lowest BCUT2D eigenvalue weighted by atomic mass is 10.0. The van der Waals surface area contributed by atoms with Crippen molar-refractivity contribution in [3.05, 3.63) is 29.8 Å². The van der Waals surface area contributed by atoms with Gasteiger partial charge in [0.2, 0.25) is 0 Å². The molecule has 0 aliphatic heterocycles. The van der Waals surface area contributed by atoms with Crippen molar-refractivity contribution in [3.8, 4) is 5.75 Å². The van der Waals surface area contributed by atoms with Gasteiger partial charge in [0.15, 0.2) is 0 Å². The maximum absolute atomic E-state index is 12.0. The highest BCUT2D eigenvalue weighted by Gasteiger charge is 2.20. The van der Waals surface area contributed by atoms with Crippen LogP contribution in [0.2, 0.25) is 0 Å². The molecule has 0 saturated heterocycles. The average Bonchev–Trinajstić information content (AvgIpc) is 2.51. The van der Waals surface area contributed by atoms with Crippen molar-refractivity contribution in [3.63, 3.8) is 0 Å². The monoisotopic (exact) mass is 337 g/mol. The summed E-state index contributed by atoms with van der Waals surface area (Å²) in [5.74, 6) is 0.464. The van der Waals surface area contributed by atoms with Crippen LogP contribution >= 0.6 is 0 Å². The third kappa shape index (κ3) is 7.85. The molecule has 0 bridgehead atoms. The summed E-state index contributed by atoms with van der Waals surface area (Å²) in [6.07, 6.45) is 0.788. The molecular formula is C18H27NO5. The van der Waals surface area contributed by atoms with Gasteiger partial charge in [-0.15, -0.1) is 0 Å². The second-order valence-electron chi connectivity index (χ2n) is 6.51. The summed E-state index contributed by atoms with van der Waals surface area (Å²) < 4.78 is 15.1. The third-order valence-electron chi connectivity index (χ3n) is 3.29. The van der Waals surface area contributed by atoms with Crippen LogP contribution in [-0.4, -0.2) is 37.9 Å². The number of carbonyl (C=O) groups is 2. The van der Waals surface area contributed by atoms with Gasteiger partial charge in [-0.3, -0.25) is 4.79 Å². The molecule has 0 aliphatic rings. The smallest absolute Gasteiger partial charge is 0.407 e. The molecule has 0 aliphatic carbocycles. The van der Waals surface area contributed by atoms with Crippen LogP contribution in [0.4, 0.5) is 4.79 Å². The number of alkyl carbamates (subject to hydrolysis) is 1. The van der Waals surface area contributed by atoms with Crippen molar-refractivity contribution in [2.24, 2.45) is 0 Å². The molecule has 1 aromatic rings. The Bertz CT molecular complexity index is 533. The fourth-order valence-electron chi connectivity index (χ4n) is 2.14. The minimum Gasteiger partial charge on any atom is -0.497 e. The van der Waals surface area contributed by atoms with E-state index >= 15 is 0 Å². The van der Waals surface area contributed by atoms with Crippen LogP contribution < -0.4 is 10.1 Å². The molecule has 6 heteroatoms. The minimum atomic E-state index is -0.572. The molecule has 1 aromatic carbocycles. The highest BCUT2D eigenvalue weighted by molar-refractivity contribution is 5.70. The Morgan fingerprint density at radius 2 is 1.75 bits per heavy atom. The number of carbonyl (C=O) groups excluding carboxylic acids is 2. The molecule has 0 radical (unpaired) electrons. The predicted molar refractivity (Wildman–Crippen MR) is 91.1 cm³/mol. The average molecular weight is 337 g/mol. The standard InChI is InChI=1S/C18H27NO5/c1-18(2,3)24-17(21)19-14(8-11-16(20)23-5)12-13-6-9-15(22-4)10-7-13/h6-7,9-10,14H,8,11-12H2,1-5H3,(H,19,21)/t14-/m0/s1. The second-order valence-corrected chi connectivity index (χ2v) is 6.51. The first-order chi connectivity index (χ1) is 11.2. The summed E-state index contributed by atoms with van der Waals surface area (Å²) in [4.78, 5) is 23.4. The number of esters is 1. The van der Waals surface area contributed by atoms with E-state index in [-0.39, 0.29) is 18.4 Å². The predicted octanol–water partition coefficient (Wildman–Crippen LogP) is 3.08. The van der Waals surface area contributed by atoms with E-state index in [4.69, 9.17) is 9.47 Å². The van der Waals surface area contributed by atoms with Crippen LogP contribution in [0.25, 0.3) is 0 Å². The third-order valence-corrected chi connectivity index (χ3v) is 3.29. The van der Waals surface area contributed by atoms with E-state index in [9.17, 15) is 9.59 Å². The van der Waals surface area contributed by atoms with E-state index in [1.807, 2.05) is 24.3 Å². The van der Waals surface area contributed by atoms with E-state index in [2.05, 4.69) is 10.1 Å². The summed E-state index contributed by atoms with van der Waals surface area (Å²) >= 11 is 0. The topological polar surface area (TPSA) is 73.9 Å². The molecule has 134 valence electrons. The van der Waals surface area contributed by atoms with Crippen LogP contribution in [-0.2, 0) is 20.7 Å². The molecule has 0 fully saturated rings. The van der Waals surface area contributed by atoms with Crippen LogP contribution in [0, 0.1) is 0 Å². The van der Waals surface area contributed by atoms with Gasteiger partial charge < -0.3 is 19.5 Å². The number of ether oxygens (including phenoxy) is 3. The van der Waals surface area contributed by atoms with E-state index in [0.717, 1.165) is 11.3 Å². The summed E-state index contributed by atoms with van der Waals surface area (Å²) in [7, 11) is 2.96. The fraction of sp³-hybridized carbons (Fsp3) is 0.556. The molecule has 1 N–H and O–H groups in total. The molecule has 0 saturated carbocycles. The molecule has 24 heavy (non-hydrogen) atoms. The summed E-state index contributed by atoms with van der Waals surface area (Å²) in [5, 5.41) is 2.83. The van der Waals surface area contributed by atoms with Crippen molar-refractivity contribution >= 4 is 12.1 Å². The number of benzene rings is 1. The molecule has 1 atom stereocenters. The van der Waals surface area contributed by atoms with Gasteiger partial charge in [0.25, 0.3) is 0 Å². The number of methoxy groups -OCH3 is 2. The minimum absolute atomic E-state index is 0.229. The summed E-state index contributed by atoms with van der Waals surface area (Å²) in [5.41, 5.74) is 0.457. The van der Waals surface area contributed by atoms with E-state index in [1.165, 1.54) is 7.11 Å². The van der Waals surface area contributed by atoms with Crippen LogP contribution in [0.15, 0.2) is 24.3 Å². The molecule has 0 aromatic heterocycles. The van der Waals surface area contributed by atoms with Crippen LogP contribution in [0.1, 0.15) is 39.2 Å². The zero-order chi connectivity index (χ0) is 18.2. The zero-order valence-electron chi connectivity index (χ0n) is 15.0. The summed E-state index contributed by atoms with van der Waals surface area (Å²) in [6.45, 7) is 5.42. The largest absolute Gasteiger partial charge is 0.497 e. The SMILES string of the molecule is COC(=O)CC[C@@H](Cc1ccc(OC)cc1)NC(=O)OC(C)(C)C. The van der Waals surface area contributed by atoms with Gasteiger partial charge in [0.05, 0.1) is 14.2 Å². The molecule has 0 unspecified atom stereocenters. The van der Waals surface area contributed by atoms with Gasteiger partial charge in [-0.25, -0.2) is 4.79 Å². The summed E-state index contributed by atoms with van der Waals surface area (Å²) in [6, 6.07) is 7.36. The maximum atomic E-state index is 12.0. The number of hydrogen-bond acceptors (Lipinski definition) is 5. The van der Waals surface area contributed by atoms with E-state index in [1.54, 1.807) is 27.9 Å². The molecule has 0 spiro atoms. The second kappa shape index (κ2) is 9.15. The van der Waals surface area contributed by atoms with E-state index < -0.39 is 11.7 Å². The lowest BCUT2D eigenvalue weighted by Gasteiger charge is -2.23. The molecule has 0 heterocycles. The van der Waals surface area contributed by atoms with Gasteiger partial charge in [-0.1, -0.05) is 12.1 Å². The number of nitrogens with one attached hydrogen (secondary N) is 1. The lowest BCUT2D eigenvalue weighted by Crippen LogP contribution is -2.40. The van der Waals surface area contributed by atoms with Gasteiger partial charge in [-0.05, 0) is 51.3 Å². The van der Waals surface area contributed by atoms with E-state index in [0.29, 0.717) is 12.8 Å². The Kier molecular flexibility index (Phi) is 7.55. The molecule has 1 rings (SSSR count).